The van der Waals surface area contributed by atoms with Gasteiger partial charge in [-0.25, -0.2) is 9.97 Å². The lowest BCUT2D eigenvalue weighted by molar-refractivity contribution is -0.138. The Morgan fingerprint density at radius 3 is 1.89 bits per heavy atom. The molecule has 0 unspecified atom stereocenters. The number of hydrogen-bond acceptors (Lipinski definition) is 7. The molecule has 3 aromatic carbocycles. The summed E-state index contributed by atoms with van der Waals surface area (Å²) in [6.07, 6.45) is 0.223. The number of rotatable bonds is 9. The van der Waals surface area contributed by atoms with Gasteiger partial charge in [-0.05, 0) is 72.6 Å². The number of nitrogens with two attached hydrogens (primary N) is 1. The summed E-state index contributed by atoms with van der Waals surface area (Å²) in [5.41, 5.74) is 11.3. The first-order valence-corrected chi connectivity index (χ1v) is 11.2. The van der Waals surface area contributed by atoms with Gasteiger partial charge in [0.1, 0.15) is 18.0 Å². The van der Waals surface area contributed by atoms with Crippen molar-refractivity contribution < 1.29 is 24.2 Å². The molecular weight excluding hydrogens is 460 g/mol. The summed E-state index contributed by atoms with van der Waals surface area (Å²) in [6.45, 7) is -0.477. The van der Waals surface area contributed by atoms with Crippen molar-refractivity contribution in [3.63, 3.8) is 0 Å². The lowest BCUT2D eigenvalue weighted by Crippen LogP contribution is -2.43. The summed E-state index contributed by atoms with van der Waals surface area (Å²) in [4.78, 5) is 32.7. The largest absolute Gasteiger partial charge is 0.497 e. The lowest BCUT2D eigenvalue weighted by Gasteiger charge is -2.14. The predicted molar refractivity (Wildman–Crippen MR) is 136 cm³/mol. The van der Waals surface area contributed by atoms with Crippen LogP contribution >= 0.6 is 0 Å². The molecule has 4 aromatic rings. The Bertz CT molecular complexity index is 1390. The maximum Gasteiger partial charge on any atom is 0.322 e. The normalized spacial score (nSPS) is 11.6. The number of aliphatic carboxylic acids is 1. The van der Waals surface area contributed by atoms with E-state index in [1.165, 1.54) is 0 Å². The Morgan fingerprint density at radius 1 is 0.861 bits per heavy atom. The average Bonchev–Trinajstić information content (AvgIpc) is 2.91. The lowest BCUT2D eigenvalue weighted by atomic mass is 10.0. The molecule has 9 nitrogen and oxygen atoms in total. The van der Waals surface area contributed by atoms with Crippen molar-refractivity contribution >= 4 is 22.9 Å². The number of carboxylic acids is 1. The predicted octanol–water partition coefficient (Wildman–Crippen LogP) is 3.05. The molecule has 4 N–H and O–H groups in total. The Balaban J connectivity index is 1.73. The molecule has 0 fully saturated rings. The van der Waals surface area contributed by atoms with Crippen LogP contribution < -0.4 is 20.5 Å². The fraction of sp³-hybridized carbons (Fsp3) is 0.185. The first kappa shape index (κ1) is 24.6. The van der Waals surface area contributed by atoms with E-state index in [0.717, 1.165) is 28.2 Å². The molecule has 0 bridgehead atoms. The number of carbonyl (C=O) groups excluding carboxylic acids is 1. The van der Waals surface area contributed by atoms with Crippen LogP contribution in [0.25, 0.3) is 33.5 Å². The van der Waals surface area contributed by atoms with Gasteiger partial charge < -0.3 is 25.6 Å². The molecule has 4 rings (SSSR count). The molecule has 0 saturated heterocycles. The number of fused-ring (bicyclic) bond motifs is 1. The van der Waals surface area contributed by atoms with Crippen LogP contribution in [0.5, 0.6) is 11.5 Å². The van der Waals surface area contributed by atoms with Crippen LogP contribution in [-0.4, -0.2) is 53.8 Å². The number of nitrogens with one attached hydrogen (secondary N) is 1. The standard InChI is InChI=1S/C27H26N4O5/c1-35-19-8-4-17(5-9-19)25-26(18-6-10-20(36-2)11-7-18)31-23-14-16(3-12-22(23)30-25)13-21(28)27(34)29-15-24(32)33/h3-12,14,21H,13,15,28H2,1-2H3,(H,29,34)(H,32,33)/t21-/m0/s1. The molecule has 1 heterocycles. The molecule has 1 amide bonds. The average molecular weight is 487 g/mol. The Hall–Kier alpha value is -4.50. The van der Waals surface area contributed by atoms with E-state index in [1.54, 1.807) is 14.2 Å². The summed E-state index contributed by atoms with van der Waals surface area (Å²) in [6, 6.07) is 19.8. The minimum Gasteiger partial charge on any atom is -0.497 e. The van der Waals surface area contributed by atoms with Crippen LogP contribution in [0.3, 0.4) is 0 Å². The number of amides is 1. The number of benzene rings is 3. The second-order valence-corrected chi connectivity index (χ2v) is 8.12. The van der Waals surface area contributed by atoms with Crippen LogP contribution in [0.2, 0.25) is 0 Å². The summed E-state index contributed by atoms with van der Waals surface area (Å²) in [5, 5.41) is 11.1. The van der Waals surface area contributed by atoms with Crippen LogP contribution in [0.1, 0.15) is 5.56 Å². The van der Waals surface area contributed by atoms with Gasteiger partial charge in [-0.15, -0.1) is 0 Å². The summed E-state index contributed by atoms with van der Waals surface area (Å²) < 4.78 is 10.6. The van der Waals surface area contributed by atoms with Crippen molar-refractivity contribution in [1.29, 1.82) is 0 Å². The van der Waals surface area contributed by atoms with Crippen LogP contribution in [0.15, 0.2) is 66.7 Å². The topological polar surface area (TPSA) is 137 Å². The van der Waals surface area contributed by atoms with E-state index in [2.05, 4.69) is 5.32 Å². The number of hydrogen-bond donors (Lipinski definition) is 3. The smallest absolute Gasteiger partial charge is 0.322 e. The number of methoxy groups -OCH3 is 2. The van der Waals surface area contributed by atoms with Gasteiger partial charge in [0.25, 0.3) is 0 Å². The van der Waals surface area contributed by atoms with Crippen molar-refractivity contribution in [2.45, 2.75) is 12.5 Å². The van der Waals surface area contributed by atoms with E-state index in [0.29, 0.717) is 22.4 Å². The number of ether oxygens (including phenoxy) is 2. The van der Waals surface area contributed by atoms with Crippen molar-refractivity contribution in [2.24, 2.45) is 5.73 Å². The van der Waals surface area contributed by atoms with E-state index in [9.17, 15) is 9.59 Å². The van der Waals surface area contributed by atoms with E-state index < -0.39 is 24.5 Å². The van der Waals surface area contributed by atoms with Crippen molar-refractivity contribution in [3.8, 4) is 34.0 Å². The van der Waals surface area contributed by atoms with Crippen molar-refractivity contribution in [3.05, 3.63) is 72.3 Å². The highest BCUT2D eigenvalue weighted by Crippen LogP contribution is 2.33. The Morgan fingerprint density at radius 2 is 1.39 bits per heavy atom. The van der Waals surface area contributed by atoms with E-state index in [-0.39, 0.29) is 6.42 Å². The van der Waals surface area contributed by atoms with Crippen LogP contribution in [0.4, 0.5) is 0 Å². The highest BCUT2D eigenvalue weighted by atomic mass is 16.5. The second-order valence-electron chi connectivity index (χ2n) is 8.12. The highest BCUT2D eigenvalue weighted by molar-refractivity contribution is 5.87. The zero-order valence-corrected chi connectivity index (χ0v) is 19.9. The fourth-order valence-electron chi connectivity index (χ4n) is 3.77. The molecule has 0 aliphatic carbocycles. The quantitative estimate of drug-likeness (QED) is 0.328. The molecule has 0 aliphatic heterocycles. The second kappa shape index (κ2) is 10.8. The third kappa shape index (κ3) is 5.59. The fourth-order valence-corrected chi connectivity index (χ4v) is 3.77. The zero-order valence-electron chi connectivity index (χ0n) is 19.9. The molecule has 0 saturated carbocycles. The number of aromatic nitrogens is 2. The van der Waals surface area contributed by atoms with E-state index in [4.69, 9.17) is 30.3 Å². The van der Waals surface area contributed by atoms with Gasteiger partial charge in [0.05, 0.1) is 42.7 Å². The maximum absolute atomic E-state index is 12.1. The Labute approximate surface area is 207 Å². The first-order chi connectivity index (χ1) is 17.4. The molecule has 1 aromatic heterocycles. The minimum atomic E-state index is -1.13. The van der Waals surface area contributed by atoms with Crippen molar-refractivity contribution in [1.82, 2.24) is 15.3 Å². The van der Waals surface area contributed by atoms with Gasteiger partial charge in [-0.3, -0.25) is 9.59 Å². The van der Waals surface area contributed by atoms with Gasteiger partial charge >= 0.3 is 5.97 Å². The van der Waals surface area contributed by atoms with Crippen LogP contribution in [0, 0.1) is 0 Å². The van der Waals surface area contributed by atoms with Gasteiger partial charge in [0.2, 0.25) is 5.91 Å². The monoisotopic (exact) mass is 486 g/mol. The van der Waals surface area contributed by atoms with Gasteiger partial charge in [0, 0.05) is 11.1 Å². The molecule has 0 spiro atoms. The third-order valence-corrected chi connectivity index (χ3v) is 5.66. The highest BCUT2D eigenvalue weighted by Gasteiger charge is 2.17. The van der Waals surface area contributed by atoms with E-state index in [1.807, 2.05) is 66.7 Å². The van der Waals surface area contributed by atoms with Gasteiger partial charge in [-0.1, -0.05) is 6.07 Å². The molecule has 0 aliphatic rings. The minimum absolute atomic E-state index is 0.223. The maximum atomic E-state index is 12.1. The van der Waals surface area contributed by atoms with Gasteiger partial charge in [0.15, 0.2) is 0 Å². The molecule has 36 heavy (non-hydrogen) atoms. The number of carbonyl (C=O) groups is 2. The number of nitrogens with zero attached hydrogens (tertiary/aromatic N) is 2. The van der Waals surface area contributed by atoms with Gasteiger partial charge in [-0.2, -0.15) is 0 Å². The Kier molecular flexibility index (Phi) is 7.41. The third-order valence-electron chi connectivity index (χ3n) is 5.66. The molecule has 1 atom stereocenters. The molecule has 9 heteroatoms. The molecular formula is C27H26N4O5. The van der Waals surface area contributed by atoms with Crippen LogP contribution in [-0.2, 0) is 16.0 Å². The number of carboxylic acid groups (broad SMARTS) is 1. The first-order valence-electron chi connectivity index (χ1n) is 11.2. The van der Waals surface area contributed by atoms with Crippen molar-refractivity contribution in [2.75, 3.05) is 20.8 Å². The summed E-state index contributed by atoms with van der Waals surface area (Å²) in [5.74, 6) is -0.185. The molecule has 184 valence electrons. The molecule has 0 radical (unpaired) electrons. The summed E-state index contributed by atoms with van der Waals surface area (Å²) >= 11 is 0. The summed E-state index contributed by atoms with van der Waals surface area (Å²) in [7, 11) is 3.23. The zero-order chi connectivity index (χ0) is 25.7. The SMILES string of the molecule is COc1ccc(-c2nc3ccc(C[C@H](N)C(=O)NCC(=O)O)cc3nc2-c2ccc(OC)cc2)cc1. The van der Waals surface area contributed by atoms with E-state index >= 15 is 0 Å².